The van der Waals surface area contributed by atoms with Crippen molar-refractivity contribution in [2.24, 2.45) is 5.73 Å². The Labute approximate surface area is 93.6 Å². The Morgan fingerprint density at radius 3 is 2.56 bits per heavy atom. The molecule has 0 spiro atoms. The van der Waals surface area contributed by atoms with Crippen LogP contribution >= 0.6 is 0 Å². The van der Waals surface area contributed by atoms with E-state index in [1.807, 2.05) is 32.9 Å². The molecule has 1 unspecified atom stereocenters. The highest BCUT2D eigenvalue weighted by Crippen LogP contribution is 2.24. The Balaban J connectivity index is 2.88. The highest BCUT2D eigenvalue weighted by atomic mass is 16.5. The Morgan fingerprint density at radius 2 is 2.00 bits per heavy atom. The summed E-state index contributed by atoms with van der Waals surface area (Å²) < 4.78 is 6.86. The molecule has 4 nitrogen and oxygen atoms in total. The maximum atomic E-state index is 11.7. The third kappa shape index (κ3) is 1.55. The van der Waals surface area contributed by atoms with Crippen molar-refractivity contribution in [1.82, 2.24) is 4.74 Å². The summed E-state index contributed by atoms with van der Waals surface area (Å²) in [6.45, 7) is 5.84. The predicted molar refractivity (Wildman–Crippen MR) is 63.5 cm³/mol. The first-order valence-electron chi connectivity index (χ1n) is 5.42. The van der Waals surface area contributed by atoms with Crippen LogP contribution in [0.25, 0.3) is 10.9 Å². The number of nitrogens with zero attached hydrogens (tertiary/aromatic N) is 1. The molecule has 1 atom stereocenters. The van der Waals surface area contributed by atoms with E-state index in [1.54, 1.807) is 10.8 Å². The van der Waals surface area contributed by atoms with E-state index in [0.29, 0.717) is 5.39 Å². The lowest BCUT2D eigenvalue weighted by Gasteiger charge is -2.11. The third-order valence-corrected chi connectivity index (χ3v) is 2.65. The first kappa shape index (κ1) is 11.0. The number of rotatable bonds is 2. The lowest BCUT2D eigenvalue weighted by Crippen LogP contribution is -2.08. The molecule has 1 aromatic carbocycles. The second kappa shape index (κ2) is 3.79. The molecule has 2 N–H and O–H groups in total. The summed E-state index contributed by atoms with van der Waals surface area (Å²) in [6, 6.07) is 5.52. The third-order valence-electron chi connectivity index (χ3n) is 2.65. The summed E-state index contributed by atoms with van der Waals surface area (Å²) in [5.41, 5.74) is 7.36. The summed E-state index contributed by atoms with van der Waals surface area (Å²) in [4.78, 5) is 11.7. The monoisotopic (exact) mass is 220 g/mol. The molecule has 0 aliphatic rings. The molecule has 0 amide bonds. The van der Waals surface area contributed by atoms with Gasteiger partial charge in [0.15, 0.2) is 0 Å². The molecule has 0 bridgehead atoms. The molecule has 0 fully saturated rings. The molecular weight excluding hydrogens is 204 g/mol. The molecular formula is C12H16N2O2. The SMILES string of the molecule is CC(N)c1cccc2c(=O)on(C(C)C)c12. The van der Waals surface area contributed by atoms with Crippen LogP contribution in [0.1, 0.15) is 38.4 Å². The normalized spacial score (nSPS) is 13.6. The highest BCUT2D eigenvalue weighted by molar-refractivity contribution is 5.81. The first-order valence-corrected chi connectivity index (χ1v) is 5.42. The van der Waals surface area contributed by atoms with Crippen LogP contribution in [0, 0.1) is 0 Å². The number of aromatic nitrogens is 1. The molecule has 0 aliphatic heterocycles. The lowest BCUT2D eigenvalue weighted by atomic mass is 10.1. The average Bonchev–Trinajstić information content (AvgIpc) is 2.56. The van der Waals surface area contributed by atoms with Gasteiger partial charge in [-0.05, 0) is 32.4 Å². The largest absolute Gasteiger partial charge is 0.365 e. The number of para-hydroxylation sites is 1. The van der Waals surface area contributed by atoms with Crippen molar-refractivity contribution in [2.75, 3.05) is 0 Å². The fourth-order valence-electron chi connectivity index (χ4n) is 1.89. The zero-order valence-corrected chi connectivity index (χ0v) is 9.73. The summed E-state index contributed by atoms with van der Waals surface area (Å²) >= 11 is 0. The van der Waals surface area contributed by atoms with E-state index < -0.39 is 0 Å². The van der Waals surface area contributed by atoms with Crippen LogP contribution in [-0.4, -0.2) is 4.74 Å². The van der Waals surface area contributed by atoms with Gasteiger partial charge in [0.2, 0.25) is 0 Å². The summed E-state index contributed by atoms with van der Waals surface area (Å²) in [5.74, 6) is 0. The van der Waals surface area contributed by atoms with E-state index in [1.165, 1.54) is 0 Å². The van der Waals surface area contributed by atoms with Crippen molar-refractivity contribution in [3.05, 3.63) is 34.2 Å². The number of hydrogen-bond acceptors (Lipinski definition) is 3. The Morgan fingerprint density at radius 1 is 1.31 bits per heavy atom. The van der Waals surface area contributed by atoms with Crippen LogP contribution in [0.2, 0.25) is 0 Å². The van der Waals surface area contributed by atoms with E-state index >= 15 is 0 Å². The first-order chi connectivity index (χ1) is 7.52. The quantitative estimate of drug-likeness (QED) is 0.843. The minimum Gasteiger partial charge on any atom is -0.335 e. The summed E-state index contributed by atoms with van der Waals surface area (Å²) in [5, 5.41) is 0.600. The molecule has 2 aromatic rings. The Kier molecular flexibility index (Phi) is 2.59. The van der Waals surface area contributed by atoms with E-state index in [-0.39, 0.29) is 17.7 Å². The molecule has 86 valence electrons. The van der Waals surface area contributed by atoms with Crippen molar-refractivity contribution < 1.29 is 4.52 Å². The Hall–Kier alpha value is -1.55. The molecule has 4 heteroatoms. The standard InChI is InChI=1S/C12H16N2O2/c1-7(2)14-11-9(8(3)13)5-4-6-10(11)12(15)16-14/h4-8H,13H2,1-3H3. The van der Waals surface area contributed by atoms with Gasteiger partial charge < -0.3 is 10.3 Å². The second-order valence-electron chi connectivity index (χ2n) is 4.33. The van der Waals surface area contributed by atoms with Gasteiger partial charge in [0.05, 0.1) is 16.9 Å². The maximum absolute atomic E-state index is 11.7. The fraction of sp³-hybridized carbons (Fsp3) is 0.417. The number of fused-ring (bicyclic) bond motifs is 1. The highest BCUT2D eigenvalue weighted by Gasteiger charge is 2.16. The number of hydrogen-bond donors (Lipinski definition) is 1. The smallest absolute Gasteiger partial charge is 0.335 e. The summed E-state index contributed by atoms with van der Waals surface area (Å²) in [6.07, 6.45) is 0. The lowest BCUT2D eigenvalue weighted by molar-refractivity contribution is 0.234. The summed E-state index contributed by atoms with van der Waals surface area (Å²) in [7, 11) is 0. The van der Waals surface area contributed by atoms with Crippen molar-refractivity contribution in [1.29, 1.82) is 0 Å². The Bertz CT molecular complexity index is 564. The van der Waals surface area contributed by atoms with Crippen molar-refractivity contribution in [2.45, 2.75) is 32.9 Å². The topological polar surface area (TPSA) is 61.2 Å². The van der Waals surface area contributed by atoms with Crippen LogP contribution in [0.15, 0.2) is 27.5 Å². The molecule has 0 saturated carbocycles. The van der Waals surface area contributed by atoms with Crippen LogP contribution in [0.4, 0.5) is 0 Å². The van der Waals surface area contributed by atoms with Crippen LogP contribution in [-0.2, 0) is 0 Å². The van der Waals surface area contributed by atoms with E-state index in [0.717, 1.165) is 11.1 Å². The van der Waals surface area contributed by atoms with Gasteiger partial charge in [0, 0.05) is 6.04 Å². The van der Waals surface area contributed by atoms with E-state index in [9.17, 15) is 4.79 Å². The number of benzene rings is 1. The van der Waals surface area contributed by atoms with Gasteiger partial charge >= 0.3 is 5.63 Å². The maximum Gasteiger partial charge on any atom is 0.365 e. The van der Waals surface area contributed by atoms with Gasteiger partial charge in [-0.3, -0.25) is 0 Å². The minimum absolute atomic E-state index is 0.102. The molecule has 1 heterocycles. The fourth-order valence-corrected chi connectivity index (χ4v) is 1.89. The van der Waals surface area contributed by atoms with Crippen molar-refractivity contribution >= 4 is 10.9 Å². The van der Waals surface area contributed by atoms with Crippen LogP contribution in [0.5, 0.6) is 0 Å². The zero-order valence-electron chi connectivity index (χ0n) is 9.73. The van der Waals surface area contributed by atoms with Gasteiger partial charge in [-0.2, -0.15) is 0 Å². The van der Waals surface area contributed by atoms with Crippen molar-refractivity contribution in [3.8, 4) is 0 Å². The van der Waals surface area contributed by atoms with Gasteiger partial charge in [-0.15, -0.1) is 0 Å². The van der Waals surface area contributed by atoms with E-state index in [2.05, 4.69) is 0 Å². The van der Waals surface area contributed by atoms with Gasteiger partial charge in [0.25, 0.3) is 0 Å². The molecule has 16 heavy (non-hydrogen) atoms. The zero-order chi connectivity index (χ0) is 11.9. The van der Waals surface area contributed by atoms with E-state index in [4.69, 9.17) is 10.3 Å². The molecule has 0 radical (unpaired) electrons. The number of nitrogens with two attached hydrogens (primary N) is 1. The van der Waals surface area contributed by atoms with Crippen LogP contribution in [0.3, 0.4) is 0 Å². The molecule has 1 aromatic heterocycles. The molecule has 0 aliphatic carbocycles. The molecule has 2 rings (SSSR count). The van der Waals surface area contributed by atoms with Gasteiger partial charge in [-0.1, -0.05) is 12.1 Å². The second-order valence-corrected chi connectivity index (χ2v) is 4.33. The van der Waals surface area contributed by atoms with Gasteiger partial charge in [0.1, 0.15) is 0 Å². The minimum atomic E-state index is -0.300. The molecule has 0 saturated heterocycles. The predicted octanol–water partition coefficient (Wildman–Crippen LogP) is 2.20. The van der Waals surface area contributed by atoms with Gasteiger partial charge in [-0.25, -0.2) is 9.53 Å². The van der Waals surface area contributed by atoms with Crippen LogP contribution < -0.4 is 11.4 Å². The van der Waals surface area contributed by atoms with Crippen molar-refractivity contribution in [3.63, 3.8) is 0 Å². The average molecular weight is 220 g/mol.